The molecule has 1 aliphatic carbocycles. The van der Waals surface area contributed by atoms with Crippen LogP contribution >= 0.6 is 12.6 Å². The third-order valence-electron chi connectivity index (χ3n) is 5.07. The van der Waals surface area contributed by atoms with Crippen molar-refractivity contribution < 1.29 is 4.79 Å². The van der Waals surface area contributed by atoms with Crippen molar-refractivity contribution in [2.45, 2.75) is 52.4 Å². The van der Waals surface area contributed by atoms with Gasteiger partial charge in [-0.2, -0.15) is 12.6 Å². The molecule has 0 radical (unpaired) electrons. The molecule has 1 saturated heterocycles. The molecule has 3 heteroatoms. The highest BCUT2D eigenvalue weighted by molar-refractivity contribution is 7.80. The topological polar surface area (TPSA) is 20.3 Å². The predicted octanol–water partition coefficient (Wildman–Crippen LogP) is 3.37. The van der Waals surface area contributed by atoms with Crippen LogP contribution in [0, 0.1) is 17.3 Å². The molecular weight excluding hydrogens is 242 g/mol. The summed E-state index contributed by atoms with van der Waals surface area (Å²) < 4.78 is 0. The van der Waals surface area contributed by atoms with Crippen LogP contribution in [0.15, 0.2) is 0 Å². The van der Waals surface area contributed by atoms with E-state index in [1.807, 2.05) is 0 Å². The van der Waals surface area contributed by atoms with Crippen LogP contribution in [0.25, 0.3) is 0 Å². The molecule has 2 rings (SSSR count). The summed E-state index contributed by atoms with van der Waals surface area (Å²) in [6.45, 7) is 6.50. The van der Waals surface area contributed by atoms with E-state index in [0.29, 0.717) is 17.2 Å². The molecule has 104 valence electrons. The summed E-state index contributed by atoms with van der Waals surface area (Å²) in [5.74, 6) is 2.75. The van der Waals surface area contributed by atoms with Gasteiger partial charge >= 0.3 is 0 Å². The molecule has 1 atom stereocenters. The highest BCUT2D eigenvalue weighted by Crippen LogP contribution is 2.43. The number of carbonyl (C=O) groups excluding carboxylic acids is 1. The predicted molar refractivity (Wildman–Crippen MR) is 78.9 cm³/mol. The smallest absolute Gasteiger partial charge is 0.222 e. The molecule has 2 aliphatic rings. The molecule has 0 aromatic heterocycles. The average Bonchev–Trinajstić information content (AvgIpc) is 2.47. The first-order chi connectivity index (χ1) is 8.56. The van der Waals surface area contributed by atoms with Gasteiger partial charge in [-0.15, -0.1) is 0 Å². The van der Waals surface area contributed by atoms with E-state index in [0.717, 1.165) is 37.6 Å². The van der Waals surface area contributed by atoms with Crippen LogP contribution in [-0.2, 0) is 4.79 Å². The van der Waals surface area contributed by atoms with E-state index in [-0.39, 0.29) is 0 Å². The van der Waals surface area contributed by atoms with Crippen LogP contribution in [0.5, 0.6) is 0 Å². The van der Waals surface area contributed by atoms with E-state index in [1.165, 1.54) is 25.7 Å². The zero-order valence-corrected chi connectivity index (χ0v) is 12.7. The van der Waals surface area contributed by atoms with E-state index < -0.39 is 0 Å². The Balaban J connectivity index is 1.94. The number of rotatable bonds is 4. The van der Waals surface area contributed by atoms with Gasteiger partial charge in [0.1, 0.15) is 0 Å². The van der Waals surface area contributed by atoms with Gasteiger partial charge in [0.2, 0.25) is 5.91 Å². The zero-order valence-electron chi connectivity index (χ0n) is 11.8. The zero-order chi connectivity index (χ0) is 13.2. The minimum atomic E-state index is 0.344. The second-order valence-corrected chi connectivity index (χ2v) is 6.97. The largest absolute Gasteiger partial charge is 0.342 e. The fraction of sp³-hybridized carbons (Fsp3) is 0.933. The van der Waals surface area contributed by atoms with E-state index in [9.17, 15) is 4.79 Å². The lowest BCUT2D eigenvalue weighted by Crippen LogP contribution is -2.46. The van der Waals surface area contributed by atoms with Gasteiger partial charge in [0, 0.05) is 19.5 Å². The highest BCUT2D eigenvalue weighted by atomic mass is 32.1. The lowest BCUT2D eigenvalue weighted by atomic mass is 9.70. The molecule has 1 unspecified atom stereocenters. The Morgan fingerprint density at radius 2 is 2.11 bits per heavy atom. The summed E-state index contributed by atoms with van der Waals surface area (Å²) >= 11 is 4.50. The second kappa shape index (κ2) is 5.85. The number of hydrogen-bond acceptors (Lipinski definition) is 2. The Labute approximate surface area is 117 Å². The Morgan fingerprint density at radius 1 is 1.39 bits per heavy atom. The molecule has 1 aliphatic heterocycles. The fourth-order valence-corrected chi connectivity index (χ4v) is 3.76. The normalized spacial score (nSPS) is 28.1. The molecule has 0 bridgehead atoms. The van der Waals surface area contributed by atoms with Crippen molar-refractivity contribution in [2.75, 3.05) is 18.8 Å². The molecule has 0 aromatic rings. The first-order valence-electron chi connectivity index (χ1n) is 7.45. The van der Waals surface area contributed by atoms with Crippen molar-refractivity contribution in [3.8, 4) is 0 Å². The van der Waals surface area contributed by atoms with Gasteiger partial charge in [0.05, 0.1) is 0 Å². The Bertz CT molecular complexity index is 293. The summed E-state index contributed by atoms with van der Waals surface area (Å²) in [5, 5.41) is 0. The lowest BCUT2D eigenvalue weighted by molar-refractivity contribution is -0.133. The fourth-order valence-electron chi connectivity index (χ4n) is 3.34. The first-order valence-corrected chi connectivity index (χ1v) is 8.08. The van der Waals surface area contributed by atoms with Crippen molar-refractivity contribution in [3.05, 3.63) is 0 Å². The molecule has 1 heterocycles. The van der Waals surface area contributed by atoms with E-state index in [4.69, 9.17) is 0 Å². The van der Waals surface area contributed by atoms with Crippen molar-refractivity contribution in [2.24, 2.45) is 17.3 Å². The first kappa shape index (κ1) is 14.2. The maximum Gasteiger partial charge on any atom is 0.222 e. The lowest BCUT2D eigenvalue weighted by Gasteiger charge is -2.44. The van der Waals surface area contributed by atoms with E-state index in [1.54, 1.807) is 0 Å². The van der Waals surface area contributed by atoms with E-state index in [2.05, 4.69) is 31.4 Å². The minimum absolute atomic E-state index is 0.344. The molecule has 0 spiro atoms. The Morgan fingerprint density at radius 3 is 2.61 bits per heavy atom. The summed E-state index contributed by atoms with van der Waals surface area (Å²) in [6, 6.07) is 0. The molecule has 0 N–H and O–H groups in total. The molecule has 1 saturated carbocycles. The average molecular weight is 269 g/mol. The second-order valence-electron chi connectivity index (χ2n) is 6.66. The number of hydrogen-bond donors (Lipinski definition) is 1. The molecular formula is C15H27NOS. The van der Waals surface area contributed by atoms with Gasteiger partial charge in [0.15, 0.2) is 0 Å². The molecule has 18 heavy (non-hydrogen) atoms. The van der Waals surface area contributed by atoms with Crippen LogP contribution in [0.2, 0.25) is 0 Å². The van der Waals surface area contributed by atoms with Crippen molar-refractivity contribution in [1.82, 2.24) is 4.90 Å². The monoisotopic (exact) mass is 269 g/mol. The van der Waals surface area contributed by atoms with Gasteiger partial charge in [-0.3, -0.25) is 4.79 Å². The van der Waals surface area contributed by atoms with Crippen LogP contribution in [0.1, 0.15) is 52.4 Å². The Hall–Kier alpha value is -0.180. The molecule has 2 fully saturated rings. The number of amides is 1. The highest BCUT2D eigenvalue weighted by Gasteiger charge is 2.39. The van der Waals surface area contributed by atoms with Crippen LogP contribution < -0.4 is 0 Å². The van der Waals surface area contributed by atoms with Crippen molar-refractivity contribution in [1.29, 1.82) is 0 Å². The van der Waals surface area contributed by atoms with Gasteiger partial charge in [-0.05, 0) is 48.7 Å². The van der Waals surface area contributed by atoms with Crippen molar-refractivity contribution in [3.63, 3.8) is 0 Å². The van der Waals surface area contributed by atoms with Crippen LogP contribution in [0.3, 0.4) is 0 Å². The Kier molecular flexibility index (Phi) is 4.63. The van der Waals surface area contributed by atoms with Crippen LogP contribution in [0.4, 0.5) is 0 Å². The third-order valence-corrected chi connectivity index (χ3v) is 5.74. The summed E-state index contributed by atoms with van der Waals surface area (Å²) in [7, 11) is 0. The number of carbonyl (C=O) groups is 1. The van der Waals surface area contributed by atoms with Gasteiger partial charge in [0.25, 0.3) is 0 Å². The summed E-state index contributed by atoms with van der Waals surface area (Å²) in [6.07, 6.45) is 6.86. The third kappa shape index (κ3) is 3.04. The maximum atomic E-state index is 12.2. The number of thiol groups is 1. The molecule has 2 nitrogen and oxygen atoms in total. The quantitative estimate of drug-likeness (QED) is 0.776. The minimum Gasteiger partial charge on any atom is -0.342 e. The van der Waals surface area contributed by atoms with Gasteiger partial charge < -0.3 is 4.90 Å². The van der Waals surface area contributed by atoms with E-state index >= 15 is 0 Å². The summed E-state index contributed by atoms with van der Waals surface area (Å²) in [4.78, 5) is 14.4. The standard InChI is InChI=1S/C15H27NOS/c1-12(2)13-4-5-14(17)16(9-6-13)10-15(11-18)7-3-8-15/h12-13,18H,3-11H2,1-2H3. The van der Waals surface area contributed by atoms with Crippen molar-refractivity contribution >= 4 is 18.5 Å². The van der Waals surface area contributed by atoms with Gasteiger partial charge in [-0.1, -0.05) is 20.3 Å². The number of nitrogens with zero attached hydrogens (tertiary/aromatic N) is 1. The van der Waals surface area contributed by atoms with Crippen LogP contribution in [-0.4, -0.2) is 29.6 Å². The molecule has 1 amide bonds. The maximum absolute atomic E-state index is 12.2. The van der Waals surface area contributed by atoms with Gasteiger partial charge in [-0.25, -0.2) is 0 Å². The SMILES string of the molecule is CC(C)C1CCC(=O)N(CC2(CS)CCC2)CC1. The summed E-state index contributed by atoms with van der Waals surface area (Å²) in [5.41, 5.74) is 0.344. The molecule has 0 aromatic carbocycles. The number of likely N-dealkylation sites (tertiary alicyclic amines) is 1.